The summed E-state index contributed by atoms with van der Waals surface area (Å²) in [6.07, 6.45) is 5.41. The van der Waals surface area contributed by atoms with Crippen molar-refractivity contribution in [1.82, 2.24) is 9.97 Å². The molecule has 0 aromatic carbocycles. The molecule has 1 heterocycles. The molecule has 0 bridgehead atoms. The van der Waals surface area contributed by atoms with Crippen LogP contribution in [0.2, 0.25) is 5.15 Å². The van der Waals surface area contributed by atoms with E-state index in [4.69, 9.17) is 11.6 Å². The number of nitrogens with zero attached hydrogens (tertiary/aromatic N) is 2. The molecule has 1 aromatic heterocycles. The van der Waals surface area contributed by atoms with Gasteiger partial charge in [0.15, 0.2) is 0 Å². The van der Waals surface area contributed by atoms with Gasteiger partial charge < -0.3 is 5.32 Å². The fraction of sp³-hybridized carbons (Fsp3) is 0.750. The monoisotopic (exact) mass is 295 g/mol. The van der Waals surface area contributed by atoms with Crippen LogP contribution in [0, 0.1) is 11.8 Å². The van der Waals surface area contributed by atoms with Gasteiger partial charge in [0.05, 0.1) is 0 Å². The lowest BCUT2D eigenvalue weighted by atomic mass is 9.80. The van der Waals surface area contributed by atoms with E-state index in [1.807, 2.05) is 6.07 Å². The Balaban J connectivity index is 2.04. The predicted molar refractivity (Wildman–Crippen MR) is 85.4 cm³/mol. The van der Waals surface area contributed by atoms with Crippen molar-refractivity contribution in [3.63, 3.8) is 0 Å². The van der Waals surface area contributed by atoms with E-state index in [-0.39, 0.29) is 5.41 Å². The van der Waals surface area contributed by atoms with E-state index < -0.39 is 0 Å². The summed E-state index contributed by atoms with van der Waals surface area (Å²) in [7, 11) is 0. The van der Waals surface area contributed by atoms with Gasteiger partial charge in [0.25, 0.3) is 0 Å². The Morgan fingerprint density at radius 1 is 1.25 bits per heavy atom. The molecule has 1 aromatic rings. The molecule has 112 valence electrons. The van der Waals surface area contributed by atoms with Crippen LogP contribution in [-0.2, 0) is 5.41 Å². The van der Waals surface area contributed by atoms with Crippen LogP contribution >= 0.6 is 11.6 Å². The van der Waals surface area contributed by atoms with Gasteiger partial charge in [-0.15, -0.1) is 0 Å². The maximum atomic E-state index is 6.12. The number of aromatic nitrogens is 2. The molecule has 0 spiro atoms. The van der Waals surface area contributed by atoms with Crippen molar-refractivity contribution in [2.75, 3.05) is 11.9 Å². The number of hydrogen-bond donors (Lipinski definition) is 1. The Morgan fingerprint density at radius 3 is 2.60 bits per heavy atom. The van der Waals surface area contributed by atoms with Crippen molar-refractivity contribution in [3.05, 3.63) is 17.0 Å². The third kappa shape index (κ3) is 4.08. The van der Waals surface area contributed by atoms with Crippen LogP contribution in [-0.4, -0.2) is 16.5 Å². The minimum absolute atomic E-state index is 0.0839. The van der Waals surface area contributed by atoms with Crippen LogP contribution in [0.25, 0.3) is 0 Å². The lowest BCUT2D eigenvalue weighted by Crippen LogP contribution is -2.25. The molecule has 2 unspecified atom stereocenters. The van der Waals surface area contributed by atoms with E-state index in [0.29, 0.717) is 5.15 Å². The Labute approximate surface area is 127 Å². The third-order valence-electron chi connectivity index (χ3n) is 4.20. The molecule has 0 aliphatic heterocycles. The Kier molecular flexibility index (Phi) is 4.90. The molecule has 3 nitrogen and oxygen atoms in total. The highest BCUT2D eigenvalue weighted by atomic mass is 35.5. The molecule has 20 heavy (non-hydrogen) atoms. The lowest BCUT2D eigenvalue weighted by molar-refractivity contribution is 0.268. The number of halogens is 1. The third-order valence-corrected chi connectivity index (χ3v) is 4.39. The number of rotatable bonds is 3. The summed E-state index contributed by atoms with van der Waals surface area (Å²) >= 11 is 6.12. The maximum Gasteiger partial charge on any atom is 0.137 e. The molecule has 1 aliphatic carbocycles. The average molecular weight is 296 g/mol. The number of anilines is 1. The van der Waals surface area contributed by atoms with Gasteiger partial charge >= 0.3 is 0 Å². The first-order chi connectivity index (χ1) is 9.36. The highest BCUT2D eigenvalue weighted by molar-refractivity contribution is 6.29. The zero-order valence-corrected chi connectivity index (χ0v) is 13.8. The van der Waals surface area contributed by atoms with Gasteiger partial charge in [0, 0.05) is 18.0 Å². The summed E-state index contributed by atoms with van der Waals surface area (Å²) in [5, 5.41) is 3.98. The largest absolute Gasteiger partial charge is 0.370 e. The minimum atomic E-state index is -0.0839. The van der Waals surface area contributed by atoms with Crippen LogP contribution in [0.5, 0.6) is 0 Å². The first-order valence-electron chi connectivity index (χ1n) is 7.65. The molecule has 2 rings (SSSR count). The molecule has 0 amide bonds. The van der Waals surface area contributed by atoms with Crippen molar-refractivity contribution in [2.45, 2.75) is 58.8 Å². The fourth-order valence-corrected chi connectivity index (χ4v) is 2.96. The van der Waals surface area contributed by atoms with E-state index in [0.717, 1.165) is 30.0 Å². The Morgan fingerprint density at radius 2 is 1.95 bits per heavy atom. The van der Waals surface area contributed by atoms with Gasteiger partial charge in [-0.1, -0.05) is 58.6 Å². The quantitative estimate of drug-likeness (QED) is 0.824. The highest BCUT2D eigenvalue weighted by Gasteiger charge is 2.22. The average Bonchev–Trinajstić information content (AvgIpc) is 2.36. The fourth-order valence-electron chi connectivity index (χ4n) is 2.78. The summed E-state index contributed by atoms with van der Waals surface area (Å²) in [6, 6.07) is 1.82. The van der Waals surface area contributed by atoms with Crippen LogP contribution in [0.4, 0.5) is 5.82 Å². The SMILES string of the molecule is CC1CCCCC1CNc1cc(Cl)nc(C(C)(C)C)n1. The smallest absolute Gasteiger partial charge is 0.137 e. The van der Waals surface area contributed by atoms with Crippen molar-refractivity contribution in [2.24, 2.45) is 11.8 Å². The van der Waals surface area contributed by atoms with Gasteiger partial charge in [-0.05, 0) is 18.3 Å². The second kappa shape index (κ2) is 6.30. The standard InChI is InChI=1S/C16H26ClN3/c1-11-7-5-6-8-12(11)10-18-14-9-13(17)19-15(20-14)16(2,3)4/h9,11-12H,5-8,10H2,1-4H3,(H,18,19,20). The molecule has 1 saturated carbocycles. The van der Waals surface area contributed by atoms with Gasteiger partial charge in [0.1, 0.15) is 16.8 Å². The van der Waals surface area contributed by atoms with Crippen LogP contribution in [0.1, 0.15) is 59.2 Å². The zero-order valence-electron chi connectivity index (χ0n) is 13.0. The van der Waals surface area contributed by atoms with E-state index in [2.05, 4.69) is 43.0 Å². The molecule has 0 radical (unpaired) electrons. The van der Waals surface area contributed by atoms with Crippen LogP contribution in [0.3, 0.4) is 0 Å². The van der Waals surface area contributed by atoms with Crippen molar-refractivity contribution < 1.29 is 0 Å². The molecule has 1 N–H and O–H groups in total. The van der Waals surface area contributed by atoms with Gasteiger partial charge in [-0.2, -0.15) is 0 Å². The first kappa shape index (κ1) is 15.6. The summed E-state index contributed by atoms with van der Waals surface area (Å²) in [4.78, 5) is 8.94. The predicted octanol–water partition coefficient (Wildman–Crippen LogP) is 4.67. The van der Waals surface area contributed by atoms with Crippen LogP contribution < -0.4 is 5.32 Å². The molecular formula is C16H26ClN3. The maximum absolute atomic E-state index is 6.12. The van der Waals surface area contributed by atoms with E-state index in [9.17, 15) is 0 Å². The van der Waals surface area contributed by atoms with Crippen molar-refractivity contribution in [1.29, 1.82) is 0 Å². The summed E-state index contributed by atoms with van der Waals surface area (Å²) in [5.41, 5.74) is -0.0839. The summed E-state index contributed by atoms with van der Waals surface area (Å²) in [6.45, 7) is 9.65. The molecular weight excluding hydrogens is 270 g/mol. The Bertz CT molecular complexity index is 454. The molecule has 1 fully saturated rings. The van der Waals surface area contributed by atoms with Gasteiger partial charge in [-0.25, -0.2) is 9.97 Å². The topological polar surface area (TPSA) is 37.8 Å². The summed E-state index contributed by atoms with van der Waals surface area (Å²) in [5.74, 6) is 3.20. The van der Waals surface area contributed by atoms with Crippen molar-refractivity contribution >= 4 is 17.4 Å². The lowest BCUT2D eigenvalue weighted by Gasteiger charge is -2.29. The second-order valence-corrected chi connectivity index (χ2v) is 7.44. The number of nitrogens with one attached hydrogen (secondary N) is 1. The van der Waals surface area contributed by atoms with Crippen LogP contribution in [0.15, 0.2) is 6.07 Å². The molecule has 1 aliphatic rings. The molecule has 2 atom stereocenters. The van der Waals surface area contributed by atoms with Gasteiger partial charge in [-0.3, -0.25) is 0 Å². The van der Waals surface area contributed by atoms with E-state index in [1.54, 1.807) is 0 Å². The van der Waals surface area contributed by atoms with E-state index >= 15 is 0 Å². The number of hydrogen-bond acceptors (Lipinski definition) is 3. The first-order valence-corrected chi connectivity index (χ1v) is 8.03. The normalized spacial score (nSPS) is 23.6. The molecule has 0 saturated heterocycles. The highest BCUT2D eigenvalue weighted by Crippen LogP contribution is 2.30. The minimum Gasteiger partial charge on any atom is -0.370 e. The van der Waals surface area contributed by atoms with Crippen molar-refractivity contribution in [3.8, 4) is 0 Å². The zero-order chi connectivity index (χ0) is 14.8. The Hall–Kier alpha value is -0.830. The summed E-state index contributed by atoms with van der Waals surface area (Å²) < 4.78 is 0. The van der Waals surface area contributed by atoms with E-state index in [1.165, 1.54) is 25.7 Å². The molecule has 4 heteroatoms. The second-order valence-electron chi connectivity index (χ2n) is 7.05. The van der Waals surface area contributed by atoms with Gasteiger partial charge in [0.2, 0.25) is 0 Å².